The van der Waals surface area contributed by atoms with Gasteiger partial charge in [0.1, 0.15) is 17.2 Å². The summed E-state index contributed by atoms with van der Waals surface area (Å²) < 4.78 is 22.1. The fraction of sp³-hybridized carbons (Fsp3) is 0.379. The molecule has 0 amide bonds. The Morgan fingerprint density at radius 3 is 2.67 bits per heavy atom. The predicted molar refractivity (Wildman–Crippen MR) is 153 cm³/mol. The van der Waals surface area contributed by atoms with Gasteiger partial charge in [-0.2, -0.15) is 0 Å². The van der Waals surface area contributed by atoms with Gasteiger partial charge in [0.2, 0.25) is 5.95 Å². The van der Waals surface area contributed by atoms with Crippen molar-refractivity contribution in [3.63, 3.8) is 0 Å². The van der Waals surface area contributed by atoms with Crippen molar-refractivity contribution in [2.24, 2.45) is 5.41 Å². The number of hydrogen-bond donors (Lipinski definition) is 1. The van der Waals surface area contributed by atoms with Crippen LogP contribution in [0.15, 0.2) is 58.8 Å². The first kappa shape index (κ1) is 26.8. The third kappa shape index (κ3) is 4.77. The van der Waals surface area contributed by atoms with Crippen LogP contribution in [0.4, 0.5) is 16.2 Å². The summed E-state index contributed by atoms with van der Waals surface area (Å²) in [6.07, 6.45) is 9.28. The van der Waals surface area contributed by atoms with E-state index in [0.29, 0.717) is 18.1 Å². The fourth-order valence-electron chi connectivity index (χ4n) is 5.99. The molecule has 0 bridgehead atoms. The number of nitrogens with zero attached hydrogens (tertiary/aromatic N) is 5. The molecule has 0 unspecified atom stereocenters. The molecule has 4 aromatic rings. The Morgan fingerprint density at radius 1 is 1.15 bits per heavy atom. The molecule has 3 aromatic heterocycles. The zero-order valence-electron chi connectivity index (χ0n) is 22.5. The second kappa shape index (κ2) is 9.92. The number of carbonyl (C=O) groups excluding carboxylic acids is 1. The highest BCUT2D eigenvalue weighted by Crippen LogP contribution is 2.54. The van der Waals surface area contributed by atoms with Gasteiger partial charge >= 0.3 is 5.97 Å². The molecule has 1 aromatic carbocycles. The number of halogens is 2. The molecule has 11 heteroatoms. The molecule has 1 fully saturated rings. The number of hydrogen-bond acceptors (Lipinski definition) is 8. The molecular weight excluding hydrogens is 551 g/mol. The summed E-state index contributed by atoms with van der Waals surface area (Å²) in [5.41, 5.74) is 7.47. The smallest absolute Gasteiger partial charge is 0.314 e. The molecule has 1 spiro atoms. The van der Waals surface area contributed by atoms with Crippen molar-refractivity contribution < 1.29 is 13.9 Å². The lowest BCUT2D eigenvalue weighted by Crippen LogP contribution is -2.45. The maximum absolute atomic E-state index is 14.3. The molecule has 1 atom stereocenters. The number of esters is 1. The van der Waals surface area contributed by atoms with E-state index < -0.39 is 11.5 Å². The number of pyridine rings is 1. The van der Waals surface area contributed by atoms with Crippen molar-refractivity contribution in [3.8, 4) is 0 Å². The molecule has 2 N–H and O–H groups in total. The summed E-state index contributed by atoms with van der Waals surface area (Å²) in [7, 11) is 0. The van der Waals surface area contributed by atoms with E-state index in [4.69, 9.17) is 27.1 Å². The molecule has 40 heavy (non-hydrogen) atoms. The van der Waals surface area contributed by atoms with Crippen molar-refractivity contribution in [3.05, 3.63) is 71.0 Å². The molecule has 6 rings (SSSR count). The summed E-state index contributed by atoms with van der Waals surface area (Å²) in [6.45, 7) is 6.97. The summed E-state index contributed by atoms with van der Waals surface area (Å²) in [6, 6.07) is 6.62. The van der Waals surface area contributed by atoms with Crippen LogP contribution in [0.2, 0.25) is 5.02 Å². The molecule has 4 heterocycles. The van der Waals surface area contributed by atoms with E-state index in [2.05, 4.69) is 14.9 Å². The van der Waals surface area contributed by atoms with Gasteiger partial charge in [-0.15, -0.1) is 0 Å². The molecule has 1 saturated heterocycles. The summed E-state index contributed by atoms with van der Waals surface area (Å²) >= 11 is 7.81. The first-order valence-electron chi connectivity index (χ1n) is 13.2. The lowest BCUT2D eigenvalue weighted by Gasteiger charge is -2.43. The Morgan fingerprint density at radius 2 is 1.93 bits per heavy atom. The predicted octanol–water partition coefficient (Wildman–Crippen LogP) is 5.92. The van der Waals surface area contributed by atoms with Gasteiger partial charge in [-0.1, -0.05) is 29.4 Å². The van der Waals surface area contributed by atoms with Crippen LogP contribution in [0.1, 0.15) is 50.7 Å². The highest BCUT2D eigenvalue weighted by molar-refractivity contribution is 7.99. The number of rotatable bonds is 4. The van der Waals surface area contributed by atoms with E-state index >= 15 is 0 Å². The molecule has 2 aliphatic rings. The van der Waals surface area contributed by atoms with E-state index in [1.165, 1.54) is 23.9 Å². The molecule has 8 nitrogen and oxygen atoms in total. The van der Waals surface area contributed by atoms with Gasteiger partial charge in [-0.05, 0) is 74.8 Å². The number of fused-ring (bicyclic) bond motifs is 2. The van der Waals surface area contributed by atoms with Crippen LogP contribution in [-0.4, -0.2) is 44.0 Å². The van der Waals surface area contributed by atoms with Crippen molar-refractivity contribution in [2.45, 2.75) is 61.3 Å². The Balaban J connectivity index is 1.27. The Kier molecular flexibility index (Phi) is 6.65. The Hall–Kier alpha value is -3.37. The quantitative estimate of drug-likeness (QED) is 0.297. The Labute approximate surface area is 241 Å². The SMILES string of the molecule is CC(C)(C)OC(=O)[C@@H]1c2cc(F)ccc2CC12CCN(c1ncc(Sc3ccnc(N)c3Cl)c3nccn13)CC2. The number of nitrogens with two attached hydrogens (primary N) is 1. The lowest BCUT2D eigenvalue weighted by molar-refractivity contribution is -0.160. The van der Waals surface area contributed by atoms with E-state index in [1.807, 2.05) is 43.5 Å². The lowest BCUT2D eigenvalue weighted by atomic mass is 9.69. The first-order chi connectivity index (χ1) is 19.0. The third-order valence-electron chi connectivity index (χ3n) is 7.73. The normalized spacial score (nSPS) is 18.3. The fourth-order valence-corrected chi connectivity index (χ4v) is 7.13. The van der Waals surface area contributed by atoms with Crippen LogP contribution in [0.25, 0.3) is 5.65 Å². The minimum absolute atomic E-state index is 0.277. The van der Waals surface area contributed by atoms with E-state index in [9.17, 15) is 9.18 Å². The van der Waals surface area contributed by atoms with Crippen LogP contribution in [0.5, 0.6) is 0 Å². The van der Waals surface area contributed by atoms with Crippen LogP contribution < -0.4 is 10.6 Å². The largest absolute Gasteiger partial charge is 0.459 e. The van der Waals surface area contributed by atoms with Gasteiger partial charge in [-0.25, -0.2) is 19.3 Å². The van der Waals surface area contributed by atoms with Crippen LogP contribution in [-0.2, 0) is 16.0 Å². The van der Waals surface area contributed by atoms with E-state index in [-0.39, 0.29) is 23.0 Å². The number of piperidine rings is 1. The van der Waals surface area contributed by atoms with Crippen molar-refractivity contribution in [2.75, 3.05) is 23.7 Å². The van der Waals surface area contributed by atoms with Gasteiger partial charge in [0.05, 0.1) is 15.8 Å². The van der Waals surface area contributed by atoms with Gasteiger partial charge in [0, 0.05) is 42.8 Å². The second-order valence-electron chi connectivity index (χ2n) is 11.5. The maximum atomic E-state index is 14.3. The number of nitrogen functional groups attached to an aromatic ring is 1. The van der Waals surface area contributed by atoms with Crippen molar-refractivity contribution in [1.29, 1.82) is 0 Å². The van der Waals surface area contributed by atoms with E-state index in [0.717, 1.165) is 51.8 Å². The van der Waals surface area contributed by atoms with Gasteiger partial charge in [0.15, 0.2) is 5.65 Å². The van der Waals surface area contributed by atoms with E-state index in [1.54, 1.807) is 18.6 Å². The van der Waals surface area contributed by atoms with Crippen LogP contribution in [0, 0.1) is 11.2 Å². The average molecular weight is 581 g/mol. The molecular formula is C29H30ClFN6O2S. The van der Waals surface area contributed by atoms with Crippen LogP contribution >= 0.6 is 23.4 Å². The number of carbonyl (C=O) groups is 1. The van der Waals surface area contributed by atoms with Crippen molar-refractivity contribution in [1.82, 2.24) is 19.4 Å². The molecule has 1 aliphatic heterocycles. The maximum Gasteiger partial charge on any atom is 0.314 e. The number of benzene rings is 1. The summed E-state index contributed by atoms with van der Waals surface area (Å²) in [5, 5.41) is 0.402. The number of imidazole rings is 1. The zero-order chi connectivity index (χ0) is 28.2. The monoisotopic (exact) mass is 580 g/mol. The zero-order valence-corrected chi connectivity index (χ0v) is 24.1. The highest BCUT2D eigenvalue weighted by Gasteiger charge is 2.52. The summed E-state index contributed by atoms with van der Waals surface area (Å²) in [4.78, 5) is 30.8. The standard InChI is InChI=1S/C29H30ClFN6O2S/c1-28(2,3)39-26(38)22-19-14-18(31)5-4-17(19)15-29(22)7-11-36(12-8-29)27-35-16-21(25-34-10-13-37(25)27)40-20-6-9-33-24(32)23(20)30/h4-6,9-10,13-14,16,22H,7-8,11-12,15H2,1-3H3,(H2,32,33)/t22-/m0/s1. The minimum atomic E-state index is -0.627. The Bertz CT molecular complexity index is 1610. The number of ether oxygens (including phenoxy) is 1. The topological polar surface area (TPSA) is 98.6 Å². The van der Waals surface area contributed by atoms with Gasteiger partial charge in [0.25, 0.3) is 0 Å². The molecule has 1 aliphatic carbocycles. The summed E-state index contributed by atoms with van der Waals surface area (Å²) in [5.74, 6) is -0.0571. The molecule has 0 radical (unpaired) electrons. The number of anilines is 2. The van der Waals surface area contributed by atoms with Gasteiger partial charge < -0.3 is 15.4 Å². The molecule has 0 saturated carbocycles. The van der Waals surface area contributed by atoms with Crippen molar-refractivity contribution >= 4 is 46.7 Å². The number of aromatic nitrogens is 4. The highest BCUT2D eigenvalue weighted by atomic mass is 35.5. The van der Waals surface area contributed by atoms with Gasteiger partial charge in [-0.3, -0.25) is 9.20 Å². The average Bonchev–Trinajstić information content (AvgIpc) is 3.50. The van der Waals surface area contributed by atoms with Crippen LogP contribution in [0.3, 0.4) is 0 Å². The second-order valence-corrected chi connectivity index (χ2v) is 13.0. The molecule has 208 valence electrons. The minimum Gasteiger partial charge on any atom is -0.459 e. The third-order valence-corrected chi connectivity index (χ3v) is 9.31. The first-order valence-corrected chi connectivity index (χ1v) is 14.4.